The molecular formula is C25H37N5O2. The summed E-state index contributed by atoms with van der Waals surface area (Å²) in [5.74, 6) is 0.381. The molecule has 1 fully saturated rings. The van der Waals surface area contributed by atoms with Crippen LogP contribution in [0.25, 0.3) is 0 Å². The van der Waals surface area contributed by atoms with E-state index in [0.29, 0.717) is 18.9 Å². The number of piperidine rings is 1. The fourth-order valence-corrected chi connectivity index (χ4v) is 3.88. The molecule has 1 atom stereocenters. The highest BCUT2D eigenvalue weighted by molar-refractivity contribution is 5.93. The minimum absolute atomic E-state index is 0.0658. The standard InChI is InChI=1S/C25H37N5O2/c1-17-10-8-12-19(14-17)26-23(32)29-13-9-11-18(16-29)22(31)27-21-15-20(24(2,3)4)28-30(21)25(5,6)7/h8,10,12,14-15,18H,9,11,13,16H2,1-7H3,(H,26,32)(H,27,31). The molecule has 0 spiro atoms. The number of hydrogen-bond donors (Lipinski definition) is 2. The van der Waals surface area contributed by atoms with E-state index in [-0.39, 0.29) is 28.8 Å². The second-order valence-corrected chi connectivity index (χ2v) is 10.8. The van der Waals surface area contributed by atoms with Crippen LogP contribution >= 0.6 is 0 Å². The Morgan fingerprint density at radius 1 is 1.06 bits per heavy atom. The average Bonchev–Trinajstić information content (AvgIpc) is 3.13. The summed E-state index contributed by atoms with van der Waals surface area (Å²) >= 11 is 0. The molecule has 1 aromatic heterocycles. The summed E-state index contributed by atoms with van der Waals surface area (Å²) in [7, 11) is 0. The number of nitrogens with one attached hydrogen (secondary N) is 2. The highest BCUT2D eigenvalue weighted by Crippen LogP contribution is 2.29. The number of carbonyl (C=O) groups excluding carboxylic acids is 2. The third-order valence-corrected chi connectivity index (χ3v) is 5.71. The van der Waals surface area contributed by atoms with Gasteiger partial charge in [0.15, 0.2) is 0 Å². The van der Waals surface area contributed by atoms with Gasteiger partial charge in [-0.1, -0.05) is 32.9 Å². The van der Waals surface area contributed by atoms with E-state index >= 15 is 0 Å². The lowest BCUT2D eigenvalue weighted by molar-refractivity contribution is -0.121. The average molecular weight is 440 g/mol. The Hall–Kier alpha value is -2.83. The van der Waals surface area contributed by atoms with Gasteiger partial charge in [0.1, 0.15) is 5.82 Å². The molecule has 7 heteroatoms. The molecular weight excluding hydrogens is 402 g/mol. The van der Waals surface area contributed by atoms with Crippen molar-refractivity contribution < 1.29 is 9.59 Å². The summed E-state index contributed by atoms with van der Waals surface area (Å²) in [6.45, 7) is 15.6. The lowest BCUT2D eigenvalue weighted by Crippen LogP contribution is -2.45. The Balaban J connectivity index is 1.70. The predicted molar refractivity (Wildman–Crippen MR) is 129 cm³/mol. The number of carbonyl (C=O) groups is 2. The zero-order valence-corrected chi connectivity index (χ0v) is 20.5. The molecule has 1 aromatic carbocycles. The Kier molecular flexibility index (Phi) is 6.67. The van der Waals surface area contributed by atoms with Gasteiger partial charge in [0, 0.05) is 30.3 Å². The van der Waals surface area contributed by atoms with Crippen LogP contribution in [0, 0.1) is 12.8 Å². The predicted octanol–water partition coefficient (Wildman–Crippen LogP) is 5.13. The van der Waals surface area contributed by atoms with Crippen LogP contribution in [0.4, 0.5) is 16.3 Å². The molecule has 0 aliphatic carbocycles. The molecule has 0 radical (unpaired) electrons. The number of aromatic nitrogens is 2. The zero-order valence-electron chi connectivity index (χ0n) is 20.5. The lowest BCUT2D eigenvalue weighted by atomic mass is 9.92. The Labute approximate surface area is 191 Å². The number of rotatable bonds is 3. The van der Waals surface area contributed by atoms with Gasteiger partial charge in [-0.3, -0.25) is 4.79 Å². The first-order chi connectivity index (χ1) is 14.8. The normalized spacial score (nSPS) is 17.2. The van der Waals surface area contributed by atoms with Gasteiger partial charge < -0.3 is 15.5 Å². The molecule has 32 heavy (non-hydrogen) atoms. The van der Waals surface area contributed by atoms with Gasteiger partial charge in [-0.2, -0.15) is 5.10 Å². The van der Waals surface area contributed by atoms with Crippen molar-refractivity contribution in [1.29, 1.82) is 0 Å². The summed E-state index contributed by atoms with van der Waals surface area (Å²) in [5, 5.41) is 10.8. The minimum Gasteiger partial charge on any atom is -0.324 e. The number of hydrogen-bond acceptors (Lipinski definition) is 3. The maximum atomic E-state index is 13.2. The Morgan fingerprint density at radius 2 is 1.78 bits per heavy atom. The minimum atomic E-state index is -0.265. The molecule has 2 heterocycles. The first kappa shape index (κ1) is 23.8. The molecule has 0 saturated carbocycles. The lowest BCUT2D eigenvalue weighted by Gasteiger charge is -2.32. The van der Waals surface area contributed by atoms with Crippen LogP contribution in [0.5, 0.6) is 0 Å². The monoisotopic (exact) mass is 439 g/mol. The first-order valence-electron chi connectivity index (χ1n) is 11.4. The zero-order chi connectivity index (χ0) is 23.7. The molecule has 174 valence electrons. The fraction of sp³-hybridized carbons (Fsp3) is 0.560. The molecule has 1 unspecified atom stereocenters. The van der Waals surface area contributed by atoms with Crippen LogP contribution < -0.4 is 10.6 Å². The van der Waals surface area contributed by atoms with E-state index in [2.05, 4.69) is 52.2 Å². The van der Waals surface area contributed by atoms with Gasteiger partial charge >= 0.3 is 6.03 Å². The molecule has 2 N–H and O–H groups in total. The third-order valence-electron chi connectivity index (χ3n) is 5.71. The van der Waals surface area contributed by atoms with Crippen LogP contribution in [-0.2, 0) is 15.7 Å². The molecule has 1 aliphatic rings. The van der Waals surface area contributed by atoms with Crippen LogP contribution in [0.2, 0.25) is 0 Å². The molecule has 1 saturated heterocycles. The van der Waals surface area contributed by atoms with E-state index in [1.807, 2.05) is 41.9 Å². The summed E-state index contributed by atoms with van der Waals surface area (Å²) in [6, 6.07) is 9.52. The van der Waals surface area contributed by atoms with E-state index in [9.17, 15) is 9.59 Å². The van der Waals surface area contributed by atoms with Crippen molar-refractivity contribution in [1.82, 2.24) is 14.7 Å². The van der Waals surface area contributed by atoms with Crippen molar-refractivity contribution in [2.45, 2.75) is 72.3 Å². The maximum absolute atomic E-state index is 13.2. The molecule has 1 aliphatic heterocycles. The van der Waals surface area contributed by atoms with Crippen molar-refractivity contribution >= 4 is 23.4 Å². The van der Waals surface area contributed by atoms with E-state index in [4.69, 9.17) is 5.10 Å². The highest BCUT2D eigenvalue weighted by atomic mass is 16.2. The Bertz CT molecular complexity index is 981. The second-order valence-electron chi connectivity index (χ2n) is 10.8. The Morgan fingerprint density at radius 3 is 2.41 bits per heavy atom. The third kappa shape index (κ3) is 5.69. The summed E-state index contributed by atoms with van der Waals surface area (Å²) in [5.41, 5.74) is 2.41. The van der Waals surface area contributed by atoms with E-state index < -0.39 is 0 Å². The fourth-order valence-electron chi connectivity index (χ4n) is 3.88. The van der Waals surface area contributed by atoms with Gasteiger partial charge in [0.2, 0.25) is 5.91 Å². The van der Waals surface area contributed by atoms with Crippen molar-refractivity contribution in [2.75, 3.05) is 23.7 Å². The number of amides is 3. The van der Waals surface area contributed by atoms with Crippen molar-refractivity contribution in [3.63, 3.8) is 0 Å². The van der Waals surface area contributed by atoms with Gasteiger partial charge in [-0.05, 0) is 58.2 Å². The second kappa shape index (κ2) is 8.96. The highest BCUT2D eigenvalue weighted by Gasteiger charge is 2.31. The smallest absolute Gasteiger partial charge is 0.321 e. The number of likely N-dealkylation sites (tertiary alicyclic amines) is 1. The summed E-state index contributed by atoms with van der Waals surface area (Å²) in [6.07, 6.45) is 1.56. The number of urea groups is 1. The SMILES string of the molecule is Cc1cccc(NC(=O)N2CCCC(C(=O)Nc3cc(C(C)(C)C)nn3C(C)(C)C)C2)c1. The number of benzene rings is 1. The first-order valence-corrected chi connectivity index (χ1v) is 11.4. The molecule has 7 nitrogen and oxygen atoms in total. The molecule has 3 rings (SSSR count). The summed E-state index contributed by atoms with van der Waals surface area (Å²) in [4.78, 5) is 27.7. The number of nitrogens with zero attached hydrogens (tertiary/aromatic N) is 3. The van der Waals surface area contributed by atoms with Gasteiger partial charge in [0.25, 0.3) is 0 Å². The summed E-state index contributed by atoms with van der Waals surface area (Å²) < 4.78 is 1.89. The van der Waals surface area contributed by atoms with Gasteiger partial charge in [-0.15, -0.1) is 0 Å². The quantitative estimate of drug-likeness (QED) is 0.696. The van der Waals surface area contributed by atoms with E-state index in [0.717, 1.165) is 29.8 Å². The number of anilines is 2. The van der Waals surface area contributed by atoms with Crippen molar-refractivity contribution in [2.24, 2.45) is 5.92 Å². The largest absolute Gasteiger partial charge is 0.324 e. The topological polar surface area (TPSA) is 79.3 Å². The maximum Gasteiger partial charge on any atom is 0.321 e. The van der Waals surface area contributed by atoms with Crippen LogP contribution in [0.15, 0.2) is 30.3 Å². The van der Waals surface area contributed by atoms with Gasteiger partial charge in [0.05, 0.1) is 17.2 Å². The van der Waals surface area contributed by atoms with Crippen LogP contribution in [0.1, 0.15) is 65.6 Å². The molecule has 3 amide bonds. The van der Waals surface area contributed by atoms with Crippen molar-refractivity contribution in [3.05, 3.63) is 41.6 Å². The van der Waals surface area contributed by atoms with E-state index in [1.54, 1.807) is 4.90 Å². The van der Waals surface area contributed by atoms with Crippen molar-refractivity contribution in [3.8, 4) is 0 Å². The van der Waals surface area contributed by atoms with Gasteiger partial charge in [-0.25, -0.2) is 9.48 Å². The van der Waals surface area contributed by atoms with Crippen LogP contribution in [0.3, 0.4) is 0 Å². The molecule has 2 aromatic rings. The molecule has 0 bridgehead atoms. The van der Waals surface area contributed by atoms with Crippen LogP contribution in [-0.4, -0.2) is 39.7 Å². The number of aryl methyl sites for hydroxylation is 1. The van der Waals surface area contributed by atoms with E-state index in [1.165, 1.54) is 0 Å².